The Morgan fingerprint density at radius 1 is 1.21 bits per heavy atom. The predicted molar refractivity (Wildman–Crippen MR) is 93.2 cm³/mol. The Balaban J connectivity index is 2.51. The fourth-order valence-corrected chi connectivity index (χ4v) is 4.06. The molecule has 1 aromatic heterocycles. The molecule has 0 aliphatic carbocycles. The Morgan fingerprint density at radius 2 is 1.95 bits per heavy atom. The van der Waals surface area contributed by atoms with Gasteiger partial charge in [-0.25, -0.2) is 0 Å². The van der Waals surface area contributed by atoms with E-state index in [0.29, 0.717) is 6.04 Å². The Labute approximate surface area is 133 Å². The summed E-state index contributed by atoms with van der Waals surface area (Å²) >= 11 is 4.35. The van der Waals surface area contributed by atoms with Gasteiger partial charge < -0.3 is 5.32 Å². The molecule has 1 heterocycles. The second kappa shape index (κ2) is 6.37. The maximum Gasteiger partial charge on any atom is 0.0598 e. The van der Waals surface area contributed by atoms with Gasteiger partial charge in [0.2, 0.25) is 0 Å². The van der Waals surface area contributed by atoms with Crippen LogP contribution in [-0.2, 0) is 0 Å². The molecule has 0 spiro atoms. The molecule has 1 aromatic carbocycles. The molecule has 0 amide bonds. The van der Waals surface area contributed by atoms with Crippen molar-refractivity contribution < 1.29 is 0 Å². The van der Waals surface area contributed by atoms with Crippen molar-refractivity contribution in [1.82, 2.24) is 5.32 Å². The van der Waals surface area contributed by atoms with Crippen LogP contribution in [-0.4, -0.2) is 6.54 Å². The highest BCUT2D eigenvalue weighted by Crippen LogP contribution is 2.33. The molecule has 0 saturated heterocycles. The highest BCUT2D eigenvalue weighted by atomic mass is 127. The Morgan fingerprint density at radius 3 is 2.53 bits per heavy atom. The maximum atomic E-state index is 3.64. The van der Waals surface area contributed by atoms with Crippen molar-refractivity contribution >= 4 is 33.9 Å². The predicted octanol–water partition coefficient (Wildman–Crippen LogP) is 4.98. The first-order valence-electron chi connectivity index (χ1n) is 6.60. The molecule has 1 unspecified atom stereocenters. The lowest BCUT2D eigenvalue weighted by atomic mass is 9.97. The third-order valence-electron chi connectivity index (χ3n) is 3.33. The summed E-state index contributed by atoms with van der Waals surface area (Å²) in [5.41, 5.74) is 4.17. The number of nitrogens with one attached hydrogen (secondary N) is 1. The van der Waals surface area contributed by atoms with Gasteiger partial charge in [0, 0.05) is 13.3 Å². The van der Waals surface area contributed by atoms with E-state index >= 15 is 0 Å². The average Bonchev–Trinajstić information content (AvgIpc) is 2.69. The summed E-state index contributed by atoms with van der Waals surface area (Å²) in [7, 11) is 0. The van der Waals surface area contributed by atoms with E-state index in [0.717, 1.165) is 6.54 Å². The van der Waals surface area contributed by atoms with Gasteiger partial charge in [-0.3, -0.25) is 0 Å². The minimum absolute atomic E-state index is 0.307. The van der Waals surface area contributed by atoms with Gasteiger partial charge in [0.15, 0.2) is 0 Å². The first-order valence-corrected chi connectivity index (χ1v) is 8.49. The van der Waals surface area contributed by atoms with Crippen molar-refractivity contribution in [2.75, 3.05) is 6.54 Å². The number of hydrogen-bond acceptors (Lipinski definition) is 2. The van der Waals surface area contributed by atoms with Crippen molar-refractivity contribution in [1.29, 1.82) is 0 Å². The summed E-state index contributed by atoms with van der Waals surface area (Å²) in [5.74, 6) is 0. The topological polar surface area (TPSA) is 12.0 Å². The normalized spacial score (nSPS) is 12.7. The molecule has 1 atom stereocenters. The van der Waals surface area contributed by atoms with Gasteiger partial charge in [-0.05, 0) is 72.7 Å². The van der Waals surface area contributed by atoms with Crippen molar-refractivity contribution in [3.8, 4) is 0 Å². The SMILES string of the molecule is CCNC(c1cc(C)sc1C)c1cccc(C)c1I. The fourth-order valence-electron chi connectivity index (χ4n) is 2.42. The quantitative estimate of drug-likeness (QED) is 0.733. The van der Waals surface area contributed by atoms with Crippen molar-refractivity contribution in [3.05, 3.63) is 54.3 Å². The number of aryl methyl sites for hydroxylation is 3. The number of halogens is 1. The molecule has 0 aliphatic heterocycles. The lowest BCUT2D eigenvalue weighted by Crippen LogP contribution is -2.23. The lowest BCUT2D eigenvalue weighted by Gasteiger charge is -2.21. The monoisotopic (exact) mass is 385 g/mol. The first-order chi connectivity index (χ1) is 9.04. The van der Waals surface area contributed by atoms with Crippen molar-refractivity contribution in [2.45, 2.75) is 33.7 Å². The molecule has 0 bridgehead atoms. The van der Waals surface area contributed by atoms with Gasteiger partial charge in [-0.15, -0.1) is 11.3 Å². The minimum atomic E-state index is 0.307. The Hall–Kier alpha value is -0.390. The zero-order valence-corrected chi connectivity index (χ0v) is 14.9. The second-order valence-corrected chi connectivity index (χ2v) is 7.38. The van der Waals surface area contributed by atoms with E-state index in [2.05, 4.69) is 79.9 Å². The molecule has 1 N–H and O–H groups in total. The van der Waals surface area contributed by atoms with Crippen LogP contribution in [0.2, 0.25) is 0 Å². The summed E-state index contributed by atoms with van der Waals surface area (Å²) < 4.78 is 1.37. The fraction of sp³-hybridized carbons (Fsp3) is 0.375. The molecule has 2 rings (SSSR count). The number of benzene rings is 1. The smallest absolute Gasteiger partial charge is 0.0598 e. The molecule has 0 saturated carbocycles. The van der Waals surface area contributed by atoms with Crippen LogP contribution in [0, 0.1) is 24.3 Å². The molecule has 19 heavy (non-hydrogen) atoms. The summed E-state index contributed by atoms with van der Waals surface area (Å²) in [6.45, 7) is 9.73. The maximum absolute atomic E-state index is 3.64. The molecular formula is C16H20INS. The molecule has 0 fully saturated rings. The van der Waals surface area contributed by atoms with Crippen molar-refractivity contribution in [2.24, 2.45) is 0 Å². The van der Waals surface area contributed by atoms with Crippen LogP contribution in [0.4, 0.5) is 0 Å². The van der Waals surface area contributed by atoms with E-state index in [-0.39, 0.29) is 0 Å². The molecule has 3 heteroatoms. The van der Waals surface area contributed by atoms with Crippen LogP contribution >= 0.6 is 33.9 Å². The van der Waals surface area contributed by atoms with Crippen LogP contribution in [0.15, 0.2) is 24.3 Å². The summed E-state index contributed by atoms with van der Waals surface area (Å²) in [6, 6.07) is 9.22. The first kappa shape index (κ1) is 15.0. The number of thiophene rings is 1. The van der Waals surface area contributed by atoms with Gasteiger partial charge in [0.25, 0.3) is 0 Å². The zero-order valence-electron chi connectivity index (χ0n) is 11.9. The second-order valence-electron chi connectivity index (χ2n) is 4.84. The van der Waals surface area contributed by atoms with Gasteiger partial charge in [0.05, 0.1) is 6.04 Å². The van der Waals surface area contributed by atoms with E-state index in [1.54, 1.807) is 0 Å². The summed E-state index contributed by atoms with van der Waals surface area (Å²) in [6.07, 6.45) is 0. The highest BCUT2D eigenvalue weighted by molar-refractivity contribution is 14.1. The Kier molecular flexibility index (Phi) is 5.03. The van der Waals surface area contributed by atoms with E-state index < -0.39 is 0 Å². The van der Waals surface area contributed by atoms with Crippen LogP contribution in [0.25, 0.3) is 0 Å². The van der Waals surface area contributed by atoms with Gasteiger partial charge in [0.1, 0.15) is 0 Å². The molecule has 0 radical (unpaired) electrons. The molecule has 1 nitrogen and oxygen atoms in total. The third-order valence-corrected chi connectivity index (χ3v) is 5.79. The van der Waals surface area contributed by atoms with Crippen molar-refractivity contribution in [3.63, 3.8) is 0 Å². The average molecular weight is 385 g/mol. The van der Waals surface area contributed by atoms with Crippen LogP contribution in [0.1, 0.15) is 39.4 Å². The number of rotatable bonds is 4. The van der Waals surface area contributed by atoms with Gasteiger partial charge >= 0.3 is 0 Å². The summed E-state index contributed by atoms with van der Waals surface area (Å²) in [5, 5.41) is 3.64. The molecule has 0 aliphatic rings. The largest absolute Gasteiger partial charge is 0.306 e. The minimum Gasteiger partial charge on any atom is -0.306 e. The zero-order chi connectivity index (χ0) is 14.0. The van der Waals surface area contributed by atoms with E-state index in [9.17, 15) is 0 Å². The molecule has 102 valence electrons. The van der Waals surface area contributed by atoms with Gasteiger partial charge in [-0.1, -0.05) is 25.1 Å². The van der Waals surface area contributed by atoms with Crippen LogP contribution in [0.5, 0.6) is 0 Å². The van der Waals surface area contributed by atoms with E-state index in [1.807, 2.05) is 11.3 Å². The highest BCUT2D eigenvalue weighted by Gasteiger charge is 2.19. The van der Waals surface area contributed by atoms with Gasteiger partial charge in [-0.2, -0.15) is 0 Å². The van der Waals surface area contributed by atoms with Crippen LogP contribution in [0.3, 0.4) is 0 Å². The van der Waals surface area contributed by atoms with Crippen LogP contribution < -0.4 is 5.32 Å². The molecular weight excluding hydrogens is 365 g/mol. The Bertz CT molecular complexity index is 574. The molecule has 2 aromatic rings. The third kappa shape index (κ3) is 3.20. The standard InChI is InChI=1S/C16H20INS/c1-5-18-16(14-9-11(3)19-12(14)4)13-8-6-7-10(2)15(13)17/h6-9,16,18H,5H2,1-4H3. The van der Waals surface area contributed by atoms with E-state index in [4.69, 9.17) is 0 Å². The van der Waals surface area contributed by atoms with E-state index in [1.165, 1.54) is 30.0 Å². The number of hydrogen-bond donors (Lipinski definition) is 1. The lowest BCUT2D eigenvalue weighted by molar-refractivity contribution is 0.627. The summed E-state index contributed by atoms with van der Waals surface area (Å²) in [4.78, 5) is 2.80.